The Bertz CT molecular complexity index is 2590. The Labute approximate surface area is 284 Å². The van der Waals surface area contributed by atoms with Gasteiger partial charge in [-0.15, -0.1) is 0 Å². The SMILES string of the molecule is N=C1C=C(c2c3ccccc3c(-c3ccc4ccccc4c3)c3ccccc23)C=C/C1=N/NC1=CC=C(c2cnc3ccccc3c2)CC1. The molecule has 0 saturated carbocycles. The lowest BCUT2D eigenvalue weighted by molar-refractivity contribution is 0.798. The summed E-state index contributed by atoms with van der Waals surface area (Å²) < 4.78 is 0. The summed E-state index contributed by atoms with van der Waals surface area (Å²) in [5.74, 6) is 0. The molecule has 7 aromatic rings. The van der Waals surface area contributed by atoms with Gasteiger partial charge in [-0.05, 0) is 115 Å². The third-order valence-corrected chi connectivity index (χ3v) is 9.69. The van der Waals surface area contributed by atoms with Crippen LogP contribution in [0.4, 0.5) is 0 Å². The van der Waals surface area contributed by atoms with Gasteiger partial charge in [-0.25, -0.2) is 0 Å². The number of aromatic nitrogens is 1. The molecule has 4 nitrogen and oxygen atoms in total. The van der Waals surface area contributed by atoms with E-state index in [-0.39, 0.29) is 0 Å². The van der Waals surface area contributed by atoms with Crippen LogP contribution in [0.1, 0.15) is 24.0 Å². The van der Waals surface area contributed by atoms with Crippen LogP contribution in [-0.4, -0.2) is 16.4 Å². The van der Waals surface area contributed by atoms with Crippen molar-refractivity contribution in [3.05, 3.63) is 175 Å². The van der Waals surface area contributed by atoms with E-state index in [0.717, 1.165) is 46.1 Å². The maximum Gasteiger partial charge on any atom is 0.108 e. The van der Waals surface area contributed by atoms with Crippen LogP contribution in [0.15, 0.2) is 169 Å². The van der Waals surface area contributed by atoms with E-state index in [4.69, 9.17) is 5.41 Å². The van der Waals surface area contributed by atoms with Crippen LogP contribution in [0.3, 0.4) is 0 Å². The first-order valence-corrected chi connectivity index (χ1v) is 16.7. The highest BCUT2D eigenvalue weighted by atomic mass is 15.3. The van der Waals surface area contributed by atoms with E-state index < -0.39 is 0 Å². The average molecular weight is 629 g/mol. The summed E-state index contributed by atoms with van der Waals surface area (Å²) in [5, 5.41) is 22.0. The van der Waals surface area contributed by atoms with E-state index in [1.165, 1.54) is 49.0 Å². The van der Waals surface area contributed by atoms with Crippen LogP contribution >= 0.6 is 0 Å². The van der Waals surface area contributed by atoms with Crippen molar-refractivity contribution in [2.24, 2.45) is 5.10 Å². The summed E-state index contributed by atoms with van der Waals surface area (Å²) >= 11 is 0. The number of pyridine rings is 1. The molecule has 0 spiro atoms. The van der Waals surface area contributed by atoms with Gasteiger partial charge < -0.3 is 0 Å². The van der Waals surface area contributed by atoms with E-state index in [1.807, 2.05) is 36.5 Å². The first kappa shape index (κ1) is 28.8. The molecule has 6 aromatic carbocycles. The number of fused-ring (bicyclic) bond motifs is 4. The lowest BCUT2D eigenvalue weighted by atomic mass is 9.84. The summed E-state index contributed by atoms with van der Waals surface area (Å²) in [5.41, 5.74) is 13.3. The Balaban J connectivity index is 1.03. The van der Waals surface area contributed by atoms with Crippen molar-refractivity contribution < 1.29 is 0 Å². The van der Waals surface area contributed by atoms with Gasteiger partial charge in [0.25, 0.3) is 0 Å². The average Bonchev–Trinajstić information content (AvgIpc) is 3.16. The van der Waals surface area contributed by atoms with Gasteiger partial charge in [0, 0.05) is 17.3 Å². The molecule has 1 aromatic heterocycles. The number of para-hydroxylation sites is 1. The summed E-state index contributed by atoms with van der Waals surface area (Å²) in [6.07, 6.45) is 13.9. The molecule has 232 valence electrons. The van der Waals surface area contributed by atoms with Crippen LogP contribution in [0.25, 0.3) is 65.5 Å². The largest absolute Gasteiger partial charge is 0.299 e. The van der Waals surface area contributed by atoms with E-state index in [0.29, 0.717) is 11.4 Å². The van der Waals surface area contributed by atoms with Crippen LogP contribution in [-0.2, 0) is 0 Å². The van der Waals surface area contributed by atoms with Crippen LogP contribution < -0.4 is 5.43 Å². The molecule has 2 aliphatic carbocycles. The van der Waals surface area contributed by atoms with E-state index in [2.05, 4.69) is 137 Å². The van der Waals surface area contributed by atoms with Gasteiger partial charge in [0.2, 0.25) is 0 Å². The standard InChI is InChI=1S/C45H32N4/c46-41-27-34(21-24-43(41)49-48-36-22-19-30(20-23-36)35-26-32-11-3-8-16-42(32)47-28-35)45-39-14-6-4-12-37(39)44(38-13-5-7-15-40(38)45)33-18-17-29-9-1-2-10-31(29)25-33/h1-19,21-22,24-28,46,48H,20,23H2/b46-41?,49-43-. The molecular weight excluding hydrogens is 597 g/mol. The van der Waals surface area contributed by atoms with Gasteiger partial charge >= 0.3 is 0 Å². The van der Waals surface area contributed by atoms with Crippen LogP contribution in [0, 0.1) is 5.41 Å². The second kappa shape index (κ2) is 12.0. The minimum Gasteiger partial charge on any atom is -0.299 e. The van der Waals surface area contributed by atoms with Gasteiger partial charge in [-0.3, -0.25) is 15.8 Å². The van der Waals surface area contributed by atoms with Crippen molar-refractivity contribution in [1.82, 2.24) is 10.4 Å². The monoisotopic (exact) mass is 628 g/mol. The zero-order valence-corrected chi connectivity index (χ0v) is 26.8. The van der Waals surface area contributed by atoms with Crippen LogP contribution in [0.2, 0.25) is 0 Å². The van der Waals surface area contributed by atoms with Crippen molar-refractivity contribution >= 4 is 65.8 Å². The van der Waals surface area contributed by atoms with Crippen molar-refractivity contribution in [3.63, 3.8) is 0 Å². The van der Waals surface area contributed by atoms with Crippen LogP contribution in [0.5, 0.6) is 0 Å². The van der Waals surface area contributed by atoms with Gasteiger partial charge in [0.15, 0.2) is 0 Å². The molecule has 0 unspecified atom stereocenters. The molecular formula is C45H32N4. The molecule has 0 saturated heterocycles. The molecule has 0 atom stereocenters. The molecule has 0 aliphatic heterocycles. The number of hydrogen-bond donors (Lipinski definition) is 2. The zero-order chi connectivity index (χ0) is 32.7. The molecule has 2 N–H and O–H groups in total. The Hall–Kier alpha value is -6.39. The molecule has 49 heavy (non-hydrogen) atoms. The summed E-state index contributed by atoms with van der Waals surface area (Å²) in [6.45, 7) is 0. The number of rotatable bonds is 5. The number of nitrogens with one attached hydrogen (secondary N) is 2. The molecule has 1 heterocycles. The fourth-order valence-corrected chi connectivity index (χ4v) is 7.23. The Morgan fingerprint density at radius 1 is 0.592 bits per heavy atom. The maximum atomic E-state index is 8.99. The molecule has 0 bridgehead atoms. The fraction of sp³-hybridized carbons (Fsp3) is 0.0444. The number of hydrogen-bond acceptors (Lipinski definition) is 4. The Kier molecular flexibility index (Phi) is 7.06. The first-order chi connectivity index (χ1) is 24.2. The lowest BCUT2D eigenvalue weighted by Gasteiger charge is -2.20. The van der Waals surface area contributed by atoms with Crippen molar-refractivity contribution in [3.8, 4) is 11.1 Å². The zero-order valence-electron chi connectivity index (χ0n) is 26.8. The summed E-state index contributed by atoms with van der Waals surface area (Å²) in [4.78, 5) is 4.63. The normalized spacial score (nSPS) is 15.6. The molecule has 0 fully saturated rings. The minimum atomic E-state index is 0.381. The highest BCUT2D eigenvalue weighted by Crippen LogP contribution is 2.43. The summed E-state index contributed by atoms with van der Waals surface area (Å²) in [6, 6.07) is 43.0. The fourth-order valence-electron chi connectivity index (χ4n) is 7.23. The highest BCUT2D eigenvalue weighted by Gasteiger charge is 2.20. The van der Waals surface area contributed by atoms with E-state index in [1.54, 1.807) is 0 Å². The van der Waals surface area contributed by atoms with Crippen molar-refractivity contribution in [2.45, 2.75) is 12.8 Å². The molecule has 0 radical (unpaired) electrons. The third-order valence-electron chi connectivity index (χ3n) is 9.69. The number of nitrogens with zero attached hydrogens (tertiary/aromatic N) is 2. The van der Waals surface area contributed by atoms with E-state index in [9.17, 15) is 0 Å². The summed E-state index contributed by atoms with van der Waals surface area (Å²) in [7, 11) is 0. The molecule has 4 heteroatoms. The first-order valence-electron chi connectivity index (χ1n) is 16.7. The number of benzene rings is 6. The number of allylic oxidation sites excluding steroid dienone is 8. The second-order valence-electron chi connectivity index (χ2n) is 12.7. The molecule has 0 amide bonds. The molecule has 2 aliphatic rings. The Morgan fingerprint density at radius 2 is 1.24 bits per heavy atom. The smallest absolute Gasteiger partial charge is 0.108 e. The quantitative estimate of drug-likeness (QED) is 0.113. The van der Waals surface area contributed by atoms with Gasteiger partial charge in [0.1, 0.15) is 5.71 Å². The molecule has 9 rings (SSSR count). The number of hydrazone groups is 1. The predicted molar refractivity (Wildman–Crippen MR) is 207 cm³/mol. The maximum absolute atomic E-state index is 8.99. The van der Waals surface area contributed by atoms with Crippen molar-refractivity contribution in [2.75, 3.05) is 0 Å². The third kappa shape index (κ3) is 5.24. The highest BCUT2D eigenvalue weighted by molar-refractivity contribution is 6.52. The minimum absolute atomic E-state index is 0.381. The van der Waals surface area contributed by atoms with Gasteiger partial charge in [-0.1, -0.05) is 115 Å². The van der Waals surface area contributed by atoms with Gasteiger partial charge in [-0.2, -0.15) is 5.10 Å². The van der Waals surface area contributed by atoms with Crippen molar-refractivity contribution in [1.29, 1.82) is 5.41 Å². The lowest BCUT2D eigenvalue weighted by Crippen LogP contribution is -2.17. The Morgan fingerprint density at radius 3 is 1.96 bits per heavy atom. The predicted octanol–water partition coefficient (Wildman–Crippen LogP) is 11.0. The second-order valence-corrected chi connectivity index (χ2v) is 12.7. The topological polar surface area (TPSA) is 61.1 Å². The van der Waals surface area contributed by atoms with Gasteiger partial charge in [0.05, 0.1) is 11.2 Å². The van der Waals surface area contributed by atoms with E-state index >= 15 is 0 Å².